The Hall–Kier alpha value is -3.69. The summed E-state index contributed by atoms with van der Waals surface area (Å²) in [5.74, 6) is 0.151. The van der Waals surface area contributed by atoms with Crippen LogP contribution in [0.4, 0.5) is 13.2 Å². The maximum Gasteiger partial charge on any atom is 0.573 e. The van der Waals surface area contributed by atoms with E-state index in [2.05, 4.69) is 31.0 Å². The molecule has 0 spiro atoms. The molecule has 3 rings (SSSR count). The third kappa shape index (κ3) is 6.39. The highest BCUT2D eigenvalue weighted by Gasteiger charge is 2.31. The topological polar surface area (TPSA) is 76.1 Å². The fourth-order valence-corrected chi connectivity index (χ4v) is 2.76. The summed E-state index contributed by atoms with van der Waals surface area (Å²) in [6.45, 7) is 4.29. The summed E-state index contributed by atoms with van der Waals surface area (Å²) in [4.78, 5) is 8.46. The van der Waals surface area contributed by atoms with E-state index in [0.29, 0.717) is 12.1 Å². The second kappa shape index (κ2) is 9.41. The van der Waals surface area contributed by atoms with Crippen LogP contribution < -0.4 is 4.74 Å². The minimum Gasteiger partial charge on any atom is -0.406 e. The standard InChI is InChI=1S/C21H20F3N5O2/c1-4-25-19(27-29(3)13-15-7-5-6-14(2)12-15)20-26-18(28-31-20)16-8-10-17(11-9-16)30-21(22,23)24/h4-12H,13H2,1-3H3/b25-4+,27-19-. The number of ether oxygens (including phenoxy) is 1. The number of hydrogen-bond acceptors (Lipinski definition) is 6. The van der Waals surface area contributed by atoms with Crippen molar-refractivity contribution < 1.29 is 22.4 Å². The molecule has 3 aromatic rings. The largest absolute Gasteiger partial charge is 0.573 e. The van der Waals surface area contributed by atoms with E-state index in [9.17, 15) is 13.2 Å². The maximum absolute atomic E-state index is 12.3. The molecular weight excluding hydrogens is 411 g/mol. The van der Waals surface area contributed by atoms with Gasteiger partial charge in [0.2, 0.25) is 11.7 Å². The van der Waals surface area contributed by atoms with E-state index >= 15 is 0 Å². The second-order valence-electron chi connectivity index (χ2n) is 6.61. The molecule has 0 amide bonds. The van der Waals surface area contributed by atoms with Gasteiger partial charge in [0.1, 0.15) is 5.75 Å². The van der Waals surface area contributed by atoms with Crippen LogP contribution in [0, 0.1) is 6.92 Å². The van der Waals surface area contributed by atoms with Crippen LogP contribution >= 0.6 is 0 Å². The van der Waals surface area contributed by atoms with Gasteiger partial charge in [-0.25, -0.2) is 4.99 Å². The van der Waals surface area contributed by atoms with Crippen LogP contribution in [-0.4, -0.2) is 40.6 Å². The summed E-state index contributed by atoms with van der Waals surface area (Å²) in [6.07, 6.45) is -3.21. The molecule has 1 heterocycles. The van der Waals surface area contributed by atoms with Gasteiger partial charge in [-0.15, -0.1) is 13.2 Å². The lowest BCUT2D eigenvalue weighted by Gasteiger charge is -2.13. The molecule has 0 radical (unpaired) electrons. The van der Waals surface area contributed by atoms with Gasteiger partial charge in [-0.2, -0.15) is 10.1 Å². The fourth-order valence-electron chi connectivity index (χ4n) is 2.76. The van der Waals surface area contributed by atoms with Crippen molar-refractivity contribution in [2.45, 2.75) is 26.8 Å². The van der Waals surface area contributed by atoms with Crippen molar-refractivity contribution in [2.24, 2.45) is 10.1 Å². The van der Waals surface area contributed by atoms with E-state index in [1.165, 1.54) is 24.3 Å². The van der Waals surface area contributed by atoms with Gasteiger partial charge in [-0.05, 0) is 43.7 Å². The summed E-state index contributed by atoms with van der Waals surface area (Å²) in [7, 11) is 1.80. The molecule has 0 fully saturated rings. The van der Waals surface area contributed by atoms with E-state index in [1.54, 1.807) is 25.2 Å². The third-order valence-electron chi connectivity index (χ3n) is 3.97. The molecule has 10 heteroatoms. The molecule has 1 aromatic heterocycles. The number of aryl methyl sites for hydroxylation is 1. The van der Waals surface area contributed by atoms with Gasteiger partial charge >= 0.3 is 6.36 Å². The van der Waals surface area contributed by atoms with E-state index in [1.807, 2.05) is 25.1 Å². The number of hydrazone groups is 1. The normalized spacial score (nSPS) is 12.4. The molecule has 0 aliphatic rings. The number of amidine groups is 1. The molecule has 0 saturated carbocycles. The van der Waals surface area contributed by atoms with Crippen LogP contribution in [0.3, 0.4) is 0 Å². The van der Waals surface area contributed by atoms with Crippen LogP contribution in [0.25, 0.3) is 11.4 Å². The second-order valence-corrected chi connectivity index (χ2v) is 6.61. The zero-order valence-corrected chi connectivity index (χ0v) is 17.1. The van der Waals surface area contributed by atoms with E-state index < -0.39 is 6.36 Å². The number of alkyl halides is 3. The lowest BCUT2D eigenvalue weighted by molar-refractivity contribution is -0.274. The first-order valence-corrected chi connectivity index (χ1v) is 9.28. The Morgan fingerprint density at radius 3 is 2.58 bits per heavy atom. The zero-order chi connectivity index (χ0) is 22.4. The predicted molar refractivity (Wildman–Crippen MR) is 110 cm³/mol. The van der Waals surface area contributed by atoms with Crippen molar-refractivity contribution in [3.05, 3.63) is 65.5 Å². The number of rotatable bonds is 6. The minimum atomic E-state index is -4.76. The molecular formula is C21H20F3N5O2. The molecule has 0 unspecified atom stereocenters. The average Bonchev–Trinajstić information content (AvgIpc) is 3.17. The summed E-state index contributed by atoms with van der Waals surface area (Å²) in [5, 5.41) is 10.0. The summed E-state index contributed by atoms with van der Waals surface area (Å²) < 4.78 is 46.0. The predicted octanol–water partition coefficient (Wildman–Crippen LogP) is 4.83. The molecule has 0 saturated heterocycles. The fraction of sp³-hybridized carbons (Fsp3) is 0.238. The van der Waals surface area contributed by atoms with Gasteiger partial charge < -0.3 is 9.26 Å². The van der Waals surface area contributed by atoms with Crippen molar-refractivity contribution in [2.75, 3.05) is 7.05 Å². The average molecular weight is 431 g/mol. The molecule has 162 valence electrons. The van der Waals surface area contributed by atoms with Crippen molar-refractivity contribution in [1.82, 2.24) is 15.1 Å². The molecule has 0 atom stereocenters. The lowest BCUT2D eigenvalue weighted by Crippen LogP contribution is -2.16. The van der Waals surface area contributed by atoms with Crippen LogP contribution in [0.15, 0.2) is 63.1 Å². The van der Waals surface area contributed by atoms with E-state index in [4.69, 9.17) is 4.52 Å². The number of benzene rings is 2. The molecule has 0 bridgehead atoms. The van der Waals surface area contributed by atoms with Gasteiger partial charge in [-0.3, -0.25) is 5.01 Å². The third-order valence-corrected chi connectivity index (χ3v) is 3.97. The first-order valence-electron chi connectivity index (χ1n) is 9.28. The number of aliphatic imine (C=N–C) groups is 1. The first kappa shape index (κ1) is 22.0. The summed E-state index contributed by atoms with van der Waals surface area (Å²) in [6, 6.07) is 13.2. The summed E-state index contributed by atoms with van der Waals surface area (Å²) >= 11 is 0. The van der Waals surface area contributed by atoms with Crippen LogP contribution in [-0.2, 0) is 6.54 Å². The number of hydrogen-bond donors (Lipinski definition) is 0. The quantitative estimate of drug-likeness (QED) is 0.318. The first-order chi connectivity index (χ1) is 14.7. The van der Waals surface area contributed by atoms with E-state index in [0.717, 1.165) is 11.1 Å². The van der Waals surface area contributed by atoms with Gasteiger partial charge in [0.05, 0.1) is 6.54 Å². The Labute approximate surface area is 176 Å². The Kier molecular flexibility index (Phi) is 6.68. The highest BCUT2D eigenvalue weighted by atomic mass is 19.4. The van der Waals surface area contributed by atoms with Crippen molar-refractivity contribution in [3.8, 4) is 17.1 Å². The highest BCUT2D eigenvalue weighted by Crippen LogP contribution is 2.25. The molecule has 2 aromatic carbocycles. The SMILES string of the molecule is C/C=N/C(=N\N(C)Cc1cccc(C)c1)c1nc(-c2ccc(OC(F)(F)F)cc2)no1. The van der Waals surface area contributed by atoms with Crippen LogP contribution in [0.1, 0.15) is 23.9 Å². The number of nitrogens with zero attached hydrogens (tertiary/aromatic N) is 5. The lowest BCUT2D eigenvalue weighted by atomic mass is 10.1. The number of aromatic nitrogens is 2. The molecule has 0 aliphatic heterocycles. The smallest absolute Gasteiger partial charge is 0.406 e. The van der Waals surface area contributed by atoms with Gasteiger partial charge in [0, 0.05) is 18.8 Å². The molecule has 0 aliphatic carbocycles. The Balaban J connectivity index is 1.78. The Morgan fingerprint density at radius 2 is 1.94 bits per heavy atom. The Morgan fingerprint density at radius 1 is 1.19 bits per heavy atom. The molecule has 31 heavy (non-hydrogen) atoms. The monoisotopic (exact) mass is 431 g/mol. The Bertz CT molecular complexity index is 1080. The van der Waals surface area contributed by atoms with Crippen LogP contribution in [0.2, 0.25) is 0 Å². The van der Waals surface area contributed by atoms with Gasteiger partial charge in [-0.1, -0.05) is 35.0 Å². The zero-order valence-electron chi connectivity index (χ0n) is 17.1. The van der Waals surface area contributed by atoms with Crippen molar-refractivity contribution >= 4 is 12.1 Å². The highest BCUT2D eigenvalue weighted by molar-refractivity contribution is 5.99. The minimum absolute atomic E-state index is 0.0832. The molecule has 7 nitrogen and oxygen atoms in total. The maximum atomic E-state index is 12.3. The van der Waals surface area contributed by atoms with E-state index in [-0.39, 0.29) is 23.3 Å². The summed E-state index contributed by atoms with van der Waals surface area (Å²) in [5.41, 5.74) is 2.69. The van der Waals surface area contributed by atoms with Gasteiger partial charge in [0.15, 0.2) is 0 Å². The number of halogens is 3. The van der Waals surface area contributed by atoms with Gasteiger partial charge in [0.25, 0.3) is 5.89 Å². The molecule has 0 N–H and O–H groups in total. The van der Waals surface area contributed by atoms with Crippen molar-refractivity contribution in [3.63, 3.8) is 0 Å². The van der Waals surface area contributed by atoms with Crippen LogP contribution in [0.5, 0.6) is 5.75 Å². The van der Waals surface area contributed by atoms with Crippen molar-refractivity contribution in [1.29, 1.82) is 0 Å².